The Morgan fingerprint density at radius 2 is 1.27 bits per heavy atom. The fraction of sp³-hybridized carbons (Fsp3) is 0.444. The van der Waals surface area contributed by atoms with Gasteiger partial charge in [-0.1, -0.05) is 12.1 Å². The third kappa shape index (κ3) is 8.42. The Kier molecular flexibility index (Phi) is 11.5. The van der Waals surface area contributed by atoms with Gasteiger partial charge in [0.15, 0.2) is 0 Å². The van der Waals surface area contributed by atoms with Crippen molar-refractivity contribution in [1.29, 1.82) is 0 Å². The second-order valence-electron chi connectivity index (χ2n) is 12.2. The average Bonchev–Trinajstić information content (AvgIpc) is 3.74. The number of carbonyl (C=O) groups is 2. The fourth-order valence-corrected chi connectivity index (χ4v) is 6.36. The van der Waals surface area contributed by atoms with Crippen LogP contribution in [0.3, 0.4) is 0 Å². The lowest BCUT2D eigenvalue weighted by molar-refractivity contribution is -0.124. The number of Topliss-reactive ketones (excluding diaryl/α,β-unsaturated/α-hetero) is 2. The summed E-state index contributed by atoms with van der Waals surface area (Å²) < 4.78 is 25.2. The number of imidazole rings is 1. The molecule has 2 aliphatic rings. The second-order valence-corrected chi connectivity index (χ2v) is 12.2. The molecule has 0 N–H and O–H groups in total. The number of ketones is 2. The zero-order valence-corrected chi connectivity index (χ0v) is 28.7. The molecule has 0 radical (unpaired) electrons. The minimum atomic E-state index is 0.0132. The van der Waals surface area contributed by atoms with Gasteiger partial charge in [0.1, 0.15) is 34.6 Å². The summed E-state index contributed by atoms with van der Waals surface area (Å²) in [5, 5.41) is 4.25. The van der Waals surface area contributed by atoms with Crippen LogP contribution >= 0.6 is 0 Å². The van der Waals surface area contributed by atoms with Crippen molar-refractivity contribution in [3.05, 3.63) is 83.7 Å². The van der Waals surface area contributed by atoms with Crippen LogP contribution in [0.25, 0.3) is 0 Å². The number of methoxy groups -OCH3 is 4. The topological polar surface area (TPSA) is 113 Å². The van der Waals surface area contributed by atoms with Gasteiger partial charge in [0.2, 0.25) is 0 Å². The summed E-state index contributed by atoms with van der Waals surface area (Å²) in [6, 6.07) is 11.8. The van der Waals surface area contributed by atoms with Crippen LogP contribution < -0.4 is 18.9 Å². The molecule has 48 heavy (non-hydrogen) atoms. The first kappa shape index (κ1) is 34.6. The molecule has 4 heterocycles. The number of nitrogens with zero attached hydrogens (tertiary/aromatic N) is 6. The minimum Gasteiger partial charge on any atom is -0.497 e. The van der Waals surface area contributed by atoms with Gasteiger partial charge in [-0.05, 0) is 12.1 Å². The smallest absolute Gasteiger partial charge is 0.136 e. The fourth-order valence-electron chi connectivity index (χ4n) is 6.36. The molecule has 6 rings (SSSR count). The first-order chi connectivity index (χ1) is 23.2. The Labute approximate surface area is 282 Å². The van der Waals surface area contributed by atoms with Crippen molar-refractivity contribution in [2.24, 2.45) is 14.1 Å². The van der Waals surface area contributed by atoms with Gasteiger partial charge in [-0.15, -0.1) is 0 Å². The lowest BCUT2D eigenvalue weighted by Gasteiger charge is -2.34. The van der Waals surface area contributed by atoms with Crippen LogP contribution in [0.1, 0.15) is 60.2 Å². The Hall–Kier alpha value is -4.68. The van der Waals surface area contributed by atoms with Gasteiger partial charge in [-0.25, -0.2) is 4.98 Å². The Morgan fingerprint density at radius 3 is 1.73 bits per heavy atom. The van der Waals surface area contributed by atoms with E-state index in [1.165, 1.54) is 0 Å². The van der Waals surface area contributed by atoms with E-state index < -0.39 is 0 Å². The lowest BCUT2D eigenvalue weighted by atomic mass is 9.95. The largest absolute Gasteiger partial charge is 0.497 e. The highest BCUT2D eigenvalue weighted by atomic mass is 16.5. The first-order valence-corrected chi connectivity index (χ1v) is 16.1. The van der Waals surface area contributed by atoms with Crippen molar-refractivity contribution in [2.75, 3.05) is 41.5 Å². The van der Waals surface area contributed by atoms with Crippen LogP contribution in [0.4, 0.5) is 0 Å². The summed E-state index contributed by atoms with van der Waals surface area (Å²) >= 11 is 0. The summed E-state index contributed by atoms with van der Waals surface area (Å²) in [5.74, 6) is 3.74. The third-order valence-corrected chi connectivity index (χ3v) is 8.99. The number of benzene rings is 2. The quantitative estimate of drug-likeness (QED) is 0.238. The summed E-state index contributed by atoms with van der Waals surface area (Å²) in [5.41, 5.74) is 4.19. The molecule has 2 fully saturated rings. The standard InChI is InChI=1S/2C18H23N3O3/c1-20-11-14(10-19-20)17-8-15(22)6-7-21(17)12-13-4-5-16(23-2)9-18(13)24-3;1-20-11-16(19-12-20)17-8-14(22)6-7-21(17)10-13-4-5-15(23-2)9-18(13)24-3/h4-5,9-11,17H,6-8,12H2,1-3H3;4-5,9,11-12,17H,6-8,10H2,1-3H3. The van der Waals surface area contributed by atoms with Crippen molar-refractivity contribution < 1.29 is 28.5 Å². The van der Waals surface area contributed by atoms with E-state index >= 15 is 0 Å². The summed E-state index contributed by atoms with van der Waals surface area (Å²) in [4.78, 5) is 33.0. The van der Waals surface area contributed by atoms with Crippen LogP contribution in [0, 0.1) is 0 Å². The predicted octanol–water partition coefficient (Wildman–Crippen LogP) is 4.69. The van der Waals surface area contributed by atoms with E-state index in [0.717, 1.165) is 65.0 Å². The monoisotopic (exact) mass is 658 g/mol. The Bertz CT molecular complexity index is 1580. The molecule has 0 saturated carbocycles. The third-order valence-electron chi connectivity index (χ3n) is 8.99. The number of ether oxygens (including phenoxy) is 4. The highest BCUT2D eigenvalue weighted by molar-refractivity contribution is 5.80. The molecular weight excluding hydrogens is 612 g/mol. The summed E-state index contributed by atoms with van der Waals surface area (Å²) in [6.07, 6.45) is 9.82. The van der Waals surface area contributed by atoms with Gasteiger partial charge in [-0.2, -0.15) is 5.10 Å². The normalized spacial score (nSPS) is 18.6. The van der Waals surface area contributed by atoms with Crippen LogP contribution in [0.5, 0.6) is 23.0 Å². The zero-order valence-electron chi connectivity index (χ0n) is 28.7. The van der Waals surface area contributed by atoms with E-state index in [0.29, 0.717) is 43.8 Å². The Balaban J connectivity index is 0.000000188. The average molecular weight is 659 g/mol. The van der Waals surface area contributed by atoms with Gasteiger partial charge < -0.3 is 23.5 Å². The van der Waals surface area contributed by atoms with Gasteiger partial charge in [0, 0.05) is 113 Å². The molecular formula is C36H46N6O6. The van der Waals surface area contributed by atoms with Crippen LogP contribution in [0.2, 0.25) is 0 Å². The van der Waals surface area contributed by atoms with Crippen LogP contribution in [0.15, 0.2) is 61.3 Å². The SMILES string of the molecule is COc1ccc(CN2CCC(=O)CC2c2cn(C)cn2)c(OC)c1.COc1ccc(CN2CCC(=O)CC2c2cnn(C)c2)c(OC)c1. The molecule has 0 aliphatic carbocycles. The molecule has 2 aliphatic heterocycles. The van der Waals surface area contributed by atoms with Crippen molar-refractivity contribution >= 4 is 11.6 Å². The van der Waals surface area contributed by atoms with E-state index in [9.17, 15) is 9.59 Å². The molecule has 4 aromatic rings. The maximum Gasteiger partial charge on any atom is 0.136 e. The molecule has 12 nitrogen and oxygen atoms in total. The molecule has 256 valence electrons. The summed E-state index contributed by atoms with van der Waals surface area (Å²) in [7, 11) is 10.4. The molecule has 2 aromatic heterocycles. The molecule has 2 aromatic carbocycles. The molecule has 2 saturated heterocycles. The van der Waals surface area contributed by atoms with E-state index in [2.05, 4.69) is 19.9 Å². The molecule has 0 bridgehead atoms. The van der Waals surface area contributed by atoms with Gasteiger partial charge in [-0.3, -0.25) is 24.1 Å². The molecule has 0 spiro atoms. The van der Waals surface area contributed by atoms with Gasteiger partial charge >= 0.3 is 0 Å². The molecule has 12 heteroatoms. The first-order valence-electron chi connectivity index (χ1n) is 16.1. The Morgan fingerprint density at radius 1 is 0.729 bits per heavy atom. The number of carbonyl (C=O) groups excluding carboxylic acids is 2. The van der Waals surface area contributed by atoms with Crippen LogP contribution in [-0.2, 0) is 36.8 Å². The summed E-state index contributed by atoms with van der Waals surface area (Å²) in [6.45, 7) is 2.91. The number of aryl methyl sites for hydroxylation is 2. The maximum absolute atomic E-state index is 12.0. The number of piperidine rings is 2. The van der Waals surface area contributed by atoms with E-state index in [4.69, 9.17) is 18.9 Å². The van der Waals surface area contributed by atoms with E-state index in [1.807, 2.05) is 73.7 Å². The van der Waals surface area contributed by atoms with Crippen molar-refractivity contribution in [3.63, 3.8) is 0 Å². The van der Waals surface area contributed by atoms with Crippen molar-refractivity contribution in [2.45, 2.75) is 50.9 Å². The number of hydrogen-bond donors (Lipinski definition) is 0. The maximum atomic E-state index is 12.0. The number of aromatic nitrogens is 4. The van der Waals surface area contributed by atoms with Crippen molar-refractivity contribution in [1.82, 2.24) is 29.1 Å². The van der Waals surface area contributed by atoms with Gasteiger partial charge in [0.25, 0.3) is 0 Å². The molecule has 0 amide bonds. The van der Waals surface area contributed by atoms with Crippen molar-refractivity contribution in [3.8, 4) is 23.0 Å². The second kappa shape index (κ2) is 15.9. The lowest BCUT2D eigenvalue weighted by Crippen LogP contribution is -2.36. The predicted molar refractivity (Wildman–Crippen MR) is 180 cm³/mol. The highest BCUT2D eigenvalue weighted by Crippen LogP contribution is 2.34. The molecule has 2 unspecified atom stereocenters. The van der Waals surface area contributed by atoms with Crippen LogP contribution in [-0.4, -0.2) is 82.2 Å². The van der Waals surface area contributed by atoms with E-state index in [-0.39, 0.29) is 12.1 Å². The minimum absolute atomic E-state index is 0.0132. The van der Waals surface area contributed by atoms with E-state index in [1.54, 1.807) is 39.4 Å². The molecule has 2 atom stereocenters. The number of rotatable bonds is 10. The highest BCUT2D eigenvalue weighted by Gasteiger charge is 2.31. The zero-order chi connectivity index (χ0) is 34.2. The van der Waals surface area contributed by atoms with Gasteiger partial charge in [0.05, 0.1) is 52.7 Å². The number of hydrogen-bond acceptors (Lipinski definition) is 10. The number of likely N-dealkylation sites (tertiary alicyclic amines) is 2.